The number of hydrogen-bond acceptors (Lipinski definition) is 4. The number of aromatic hydroxyl groups is 1. The maximum atomic E-state index is 11.7. The summed E-state index contributed by atoms with van der Waals surface area (Å²) in [7, 11) is 0. The molecule has 162 valence electrons. The van der Waals surface area contributed by atoms with Crippen molar-refractivity contribution in [2.24, 2.45) is 0 Å². The fraction of sp³-hybridized carbons (Fsp3) is 0.222. The minimum Gasteiger partial charge on any atom is -0.507 e. The summed E-state index contributed by atoms with van der Waals surface area (Å²) in [5.41, 5.74) is 4.18. The monoisotopic (exact) mass is 418 g/mol. The summed E-state index contributed by atoms with van der Waals surface area (Å²) in [6.45, 7) is 10.9. The van der Waals surface area contributed by atoms with E-state index in [1.807, 2.05) is 74.6 Å². The fourth-order valence-corrected chi connectivity index (χ4v) is 3.02. The van der Waals surface area contributed by atoms with Crippen molar-refractivity contribution < 1.29 is 14.6 Å². The number of rotatable bonds is 8. The van der Waals surface area contributed by atoms with Crippen LogP contribution in [0.3, 0.4) is 0 Å². The molecule has 0 spiro atoms. The molecule has 0 saturated heterocycles. The van der Waals surface area contributed by atoms with Crippen molar-refractivity contribution in [1.29, 1.82) is 0 Å². The van der Waals surface area contributed by atoms with Crippen molar-refractivity contribution in [3.8, 4) is 5.75 Å². The van der Waals surface area contributed by atoms with Gasteiger partial charge in [-0.05, 0) is 38.8 Å². The molecule has 0 saturated carbocycles. The maximum absolute atomic E-state index is 11.7. The van der Waals surface area contributed by atoms with Gasteiger partial charge < -0.3 is 14.6 Å². The Morgan fingerprint density at radius 3 is 2.55 bits per heavy atom. The molecular weight excluding hydrogens is 388 g/mol. The van der Waals surface area contributed by atoms with Crippen LogP contribution >= 0.6 is 0 Å². The van der Waals surface area contributed by atoms with Crippen LogP contribution in [0.15, 0.2) is 82.1 Å². The smallest absolute Gasteiger partial charge is 0.342 e. The molecule has 2 aromatic rings. The molecule has 0 unspecified atom stereocenters. The summed E-state index contributed by atoms with van der Waals surface area (Å²) < 4.78 is 5.28. The van der Waals surface area contributed by atoms with E-state index in [2.05, 4.69) is 6.58 Å². The molecule has 1 heterocycles. The summed E-state index contributed by atoms with van der Waals surface area (Å²) >= 11 is 0. The Hall–Kier alpha value is -3.37. The van der Waals surface area contributed by atoms with Crippen LogP contribution in [0.4, 0.5) is 0 Å². The molecule has 1 aromatic heterocycles. The Bertz CT molecular complexity index is 1110. The molecule has 1 aromatic carbocycles. The number of allylic oxidation sites excluding steroid dienone is 7. The first-order chi connectivity index (χ1) is 14.7. The molecule has 2 N–H and O–H groups in total. The molecule has 1 atom stereocenters. The molecule has 31 heavy (non-hydrogen) atoms. The van der Waals surface area contributed by atoms with Gasteiger partial charge in [0.15, 0.2) is 0 Å². The lowest BCUT2D eigenvalue weighted by Crippen LogP contribution is -2.07. The molecule has 0 aliphatic carbocycles. The maximum Gasteiger partial charge on any atom is 0.342 e. The molecule has 4 heteroatoms. The number of aliphatic hydroxyl groups is 1. The summed E-state index contributed by atoms with van der Waals surface area (Å²) in [5.74, 6) is 0.467. The second-order valence-electron chi connectivity index (χ2n) is 7.48. The van der Waals surface area contributed by atoms with Crippen LogP contribution in [0.2, 0.25) is 0 Å². The number of aliphatic hydroxyl groups excluding tert-OH is 1. The van der Waals surface area contributed by atoms with E-state index < -0.39 is 11.7 Å². The van der Waals surface area contributed by atoms with Gasteiger partial charge in [-0.3, -0.25) is 0 Å². The summed E-state index contributed by atoms with van der Waals surface area (Å²) in [4.78, 5) is 11.7. The van der Waals surface area contributed by atoms with Gasteiger partial charge in [-0.1, -0.05) is 77.9 Å². The predicted molar refractivity (Wildman–Crippen MR) is 127 cm³/mol. The Morgan fingerprint density at radius 2 is 1.84 bits per heavy atom. The van der Waals surface area contributed by atoms with Crippen molar-refractivity contribution in [2.75, 3.05) is 0 Å². The molecule has 0 fully saturated rings. The normalized spacial score (nSPS) is 13.5. The lowest BCUT2D eigenvalue weighted by molar-refractivity contribution is 0.229. The van der Waals surface area contributed by atoms with Crippen LogP contribution in [0, 0.1) is 20.8 Å². The van der Waals surface area contributed by atoms with Gasteiger partial charge in [-0.25, -0.2) is 4.79 Å². The average molecular weight is 419 g/mol. The van der Waals surface area contributed by atoms with E-state index in [4.69, 9.17) is 4.42 Å². The van der Waals surface area contributed by atoms with E-state index in [1.54, 1.807) is 13.8 Å². The van der Waals surface area contributed by atoms with Crippen LogP contribution in [0.1, 0.15) is 46.6 Å². The molecule has 4 nitrogen and oxygen atoms in total. The summed E-state index contributed by atoms with van der Waals surface area (Å²) in [6, 6.07) is 5.95. The van der Waals surface area contributed by atoms with Gasteiger partial charge in [0.25, 0.3) is 0 Å². The highest BCUT2D eigenvalue weighted by Gasteiger charge is 2.11. The lowest BCUT2D eigenvalue weighted by atomic mass is 9.99. The van der Waals surface area contributed by atoms with Gasteiger partial charge in [0.1, 0.15) is 11.5 Å². The molecule has 0 amide bonds. The topological polar surface area (TPSA) is 70.7 Å². The van der Waals surface area contributed by atoms with Gasteiger partial charge in [0.05, 0.1) is 11.7 Å². The van der Waals surface area contributed by atoms with E-state index >= 15 is 0 Å². The third-order valence-electron chi connectivity index (χ3n) is 5.01. The highest BCUT2D eigenvalue weighted by atomic mass is 16.4. The molecule has 0 aliphatic rings. The standard InChI is InChI=1S/C27H30O4/c1-6-24(28)23-17-19(3)13-15-22(23)12-10-8-7-9-11-18(2)14-16-25-20(4)26(29)21(5)27(30)31-25/h6-15,17,24,28-29H,1,16H2,2-5H3/t24-/m0/s1. The number of aryl methyl sites for hydroxylation is 1. The minimum atomic E-state index is -0.695. The van der Waals surface area contributed by atoms with Gasteiger partial charge in [-0.15, -0.1) is 6.58 Å². The van der Waals surface area contributed by atoms with Crippen molar-refractivity contribution in [2.45, 2.75) is 40.2 Å². The average Bonchev–Trinajstić information content (AvgIpc) is 2.76. The lowest BCUT2D eigenvalue weighted by Gasteiger charge is -2.10. The molecule has 0 radical (unpaired) electrons. The van der Waals surface area contributed by atoms with Crippen molar-refractivity contribution in [3.63, 3.8) is 0 Å². The second-order valence-corrected chi connectivity index (χ2v) is 7.48. The van der Waals surface area contributed by atoms with Crippen molar-refractivity contribution in [1.82, 2.24) is 0 Å². The molecule has 0 bridgehead atoms. The van der Waals surface area contributed by atoms with E-state index in [9.17, 15) is 15.0 Å². The molecular formula is C27H30O4. The van der Waals surface area contributed by atoms with Gasteiger partial charge in [0.2, 0.25) is 0 Å². The highest BCUT2D eigenvalue weighted by molar-refractivity contribution is 5.57. The summed E-state index contributed by atoms with van der Waals surface area (Å²) in [6.07, 6.45) is 14.7. The Morgan fingerprint density at radius 1 is 1.13 bits per heavy atom. The largest absolute Gasteiger partial charge is 0.507 e. The third-order valence-corrected chi connectivity index (χ3v) is 5.01. The zero-order chi connectivity index (χ0) is 23.0. The van der Waals surface area contributed by atoms with Crippen LogP contribution < -0.4 is 5.63 Å². The molecule has 0 aliphatic heterocycles. The number of benzene rings is 1. The zero-order valence-electron chi connectivity index (χ0n) is 18.6. The van der Waals surface area contributed by atoms with E-state index in [0.717, 1.165) is 22.3 Å². The Labute approximate surface area is 183 Å². The predicted octanol–water partition coefficient (Wildman–Crippen LogP) is 5.80. The van der Waals surface area contributed by atoms with Gasteiger partial charge in [0, 0.05) is 12.0 Å². The first-order valence-electron chi connectivity index (χ1n) is 10.2. The summed E-state index contributed by atoms with van der Waals surface area (Å²) in [5, 5.41) is 20.1. The van der Waals surface area contributed by atoms with E-state index in [-0.39, 0.29) is 11.3 Å². The van der Waals surface area contributed by atoms with E-state index in [0.29, 0.717) is 17.7 Å². The van der Waals surface area contributed by atoms with Crippen molar-refractivity contribution in [3.05, 3.63) is 117 Å². The van der Waals surface area contributed by atoms with Crippen LogP contribution in [0.25, 0.3) is 6.08 Å². The van der Waals surface area contributed by atoms with Crippen molar-refractivity contribution >= 4 is 6.08 Å². The SMILES string of the molecule is C=C[C@H](O)c1cc(C)ccc1C=CC=CC=CC(C)=CCc1oc(=O)c(C)c(O)c1C. The minimum absolute atomic E-state index is 0.0000844. The highest BCUT2D eigenvalue weighted by Crippen LogP contribution is 2.23. The number of hydrogen-bond donors (Lipinski definition) is 2. The zero-order valence-corrected chi connectivity index (χ0v) is 18.6. The third kappa shape index (κ3) is 6.56. The van der Waals surface area contributed by atoms with Gasteiger partial charge >= 0.3 is 5.63 Å². The van der Waals surface area contributed by atoms with Crippen LogP contribution in [-0.2, 0) is 6.42 Å². The first kappa shape index (κ1) is 23.9. The first-order valence-corrected chi connectivity index (χ1v) is 10.2. The van der Waals surface area contributed by atoms with E-state index in [1.165, 1.54) is 6.08 Å². The fourth-order valence-electron chi connectivity index (χ4n) is 3.02. The molecule has 2 rings (SSSR count). The van der Waals surface area contributed by atoms with Crippen LogP contribution in [0.5, 0.6) is 5.75 Å². The van der Waals surface area contributed by atoms with Crippen LogP contribution in [-0.4, -0.2) is 10.2 Å². The second kappa shape index (κ2) is 11.1. The van der Waals surface area contributed by atoms with Gasteiger partial charge in [-0.2, -0.15) is 0 Å². The Balaban J connectivity index is 2.02. The Kier molecular flexibility index (Phi) is 8.59. The quantitative estimate of drug-likeness (QED) is 0.419.